The zero-order valence-electron chi connectivity index (χ0n) is 29.7. The molecule has 270 valence electrons. The van der Waals surface area contributed by atoms with Gasteiger partial charge in [0, 0.05) is 83.2 Å². The number of anilines is 1. The fourth-order valence-electron chi connectivity index (χ4n) is 8.21. The van der Waals surface area contributed by atoms with Crippen LogP contribution < -0.4 is 14.8 Å². The second-order valence-corrected chi connectivity index (χ2v) is 14.1. The second-order valence-electron chi connectivity index (χ2n) is 14.1. The van der Waals surface area contributed by atoms with Gasteiger partial charge in [-0.2, -0.15) is 0 Å². The Labute approximate surface area is 295 Å². The highest BCUT2D eigenvalue weighted by Crippen LogP contribution is 2.30. The Kier molecular flexibility index (Phi) is 11.6. The van der Waals surface area contributed by atoms with Crippen LogP contribution in [0.25, 0.3) is 0 Å². The van der Waals surface area contributed by atoms with Crippen LogP contribution in [-0.2, 0) is 32.0 Å². The van der Waals surface area contributed by atoms with Crippen LogP contribution >= 0.6 is 0 Å². The third-order valence-corrected chi connectivity index (χ3v) is 11.0. The van der Waals surface area contributed by atoms with Gasteiger partial charge in [0.25, 0.3) is 6.47 Å². The first-order valence-corrected chi connectivity index (χ1v) is 18.1. The number of likely N-dealkylation sites (tertiary alicyclic amines) is 1. The summed E-state index contributed by atoms with van der Waals surface area (Å²) < 4.78 is 16.1. The maximum Gasteiger partial charge on any atom is 0.322 e. The van der Waals surface area contributed by atoms with Crippen LogP contribution in [-0.4, -0.2) is 122 Å². The number of carbonyl (C=O) groups excluding carboxylic acids is 4. The number of nitrogens with one attached hydrogen (secondary N) is 1. The molecule has 4 aliphatic rings. The monoisotopic (exact) mass is 689 g/mol. The fourth-order valence-corrected chi connectivity index (χ4v) is 8.21. The zero-order chi connectivity index (χ0) is 35.2. The third-order valence-electron chi connectivity index (χ3n) is 11.0. The quantitative estimate of drug-likeness (QED) is 0.375. The number of methoxy groups -OCH3 is 1. The summed E-state index contributed by atoms with van der Waals surface area (Å²) in [5.41, 5.74) is 4.43. The first-order valence-electron chi connectivity index (χ1n) is 18.1. The highest BCUT2D eigenvalue weighted by atomic mass is 16.5. The normalized spacial score (nSPS) is 20.1. The van der Waals surface area contributed by atoms with Crippen molar-refractivity contribution in [3.8, 4) is 11.5 Å². The Bertz CT molecular complexity index is 1520. The zero-order valence-corrected chi connectivity index (χ0v) is 29.7. The topological polar surface area (TPSA) is 121 Å². The summed E-state index contributed by atoms with van der Waals surface area (Å²) in [7, 11) is 1.64. The second kappa shape index (κ2) is 16.2. The number of hydrogen-bond acceptors (Lipinski definition) is 8. The number of carbonyl (C=O) groups is 4. The van der Waals surface area contributed by atoms with E-state index in [1.807, 2.05) is 58.9 Å². The lowest BCUT2D eigenvalue weighted by molar-refractivity contribution is -0.143. The molecule has 12 nitrogen and oxygen atoms in total. The van der Waals surface area contributed by atoms with Crippen LogP contribution in [0.5, 0.6) is 11.5 Å². The summed E-state index contributed by atoms with van der Waals surface area (Å²) >= 11 is 0. The van der Waals surface area contributed by atoms with Gasteiger partial charge in [0.15, 0.2) is 0 Å². The molecule has 0 spiro atoms. The minimum Gasteiger partial charge on any atom is -0.497 e. The van der Waals surface area contributed by atoms with Gasteiger partial charge >= 0.3 is 6.03 Å². The first-order chi connectivity index (χ1) is 24.2. The molecular formula is C38H51N5O7. The van der Waals surface area contributed by atoms with E-state index in [9.17, 15) is 19.2 Å². The largest absolute Gasteiger partial charge is 0.497 e. The van der Waals surface area contributed by atoms with Crippen molar-refractivity contribution in [3.05, 3.63) is 52.6 Å². The minimum absolute atomic E-state index is 0.0147. The van der Waals surface area contributed by atoms with E-state index in [-0.39, 0.29) is 30.3 Å². The molecule has 50 heavy (non-hydrogen) atoms. The highest BCUT2D eigenvalue weighted by molar-refractivity contribution is 5.91. The standard InChI is InChI=1S/C38H51N5O7/c1-26-20-28(21-27(2)36(26)50-25-44)22-30(37(46)42-16-14-40(15-17-42)31-9-18-49-19-10-31)24-35(45)41-11-7-32(8-12-41)43-13-6-29-23-33(48-3)4-5-34(29)39-38(43)47/h4-5,20-21,23,25,30-32H,6-19,22,24H2,1-3H3,(H,39,47)/t30-/m0/s1. The molecule has 0 radical (unpaired) electrons. The number of piperazine rings is 1. The number of benzene rings is 2. The average Bonchev–Trinajstić information content (AvgIpc) is 3.30. The summed E-state index contributed by atoms with van der Waals surface area (Å²) in [6, 6.07) is 10.0. The molecule has 3 fully saturated rings. The van der Waals surface area contributed by atoms with Crippen LogP contribution in [0.15, 0.2) is 30.3 Å². The molecule has 2 aromatic rings. The van der Waals surface area contributed by atoms with Crippen molar-refractivity contribution < 1.29 is 33.4 Å². The number of ether oxygens (including phenoxy) is 3. The van der Waals surface area contributed by atoms with Gasteiger partial charge in [0.1, 0.15) is 11.5 Å². The molecule has 1 atom stereocenters. The fraction of sp³-hybridized carbons (Fsp3) is 0.579. The van der Waals surface area contributed by atoms with E-state index < -0.39 is 5.92 Å². The Morgan fingerprint density at radius 3 is 2.28 bits per heavy atom. The molecule has 3 saturated heterocycles. The molecule has 0 unspecified atom stereocenters. The molecule has 1 N–H and O–H groups in total. The molecule has 2 aromatic carbocycles. The molecule has 4 amide bonds. The predicted octanol–water partition coefficient (Wildman–Crippen LogP) is 3.80. The molecule has 0 aliphatic carbocycles. The summed E-state index contributed by atoms with van der Waals surface area (Å²) in [4.78, 5) is 60.6. The van der Waals surface area contributed by atoms with Gasteiger partial charge in [-0.25, -0.2) is 4.79 Å². The Balaban J connectivity index is 1.10. The number of hydrogen-bond donors (Lipinski definition) is 1. The molecule has 4 aliphatic heterocycles. The van der Waals surface area contributed by atoms with Crippen LogP contribution in [0.2, 0.25) is 0 Å². The van der Waals surface area contributed by atoms with Crippen LogP contribution in [0.3, 0.4) is 0 Å². The summed E-state index contributed by atoms with van der Waals surface area (Å²) in [5.74, 6) is 0.758. The Morgan fingerprint density at radius 1 is 0.920 bits per heavy atom. The van der Waals surface area contributed by atoms with Gasteiger partial charge in [-0.15, -0.1) is 0 Å². The first kappa shape index (κ1) is 35.7. The number of aryl methyl sites for hydroxylation is 2. The van der Waals surface area contributed by atoms with Gasteiger partial charge in [0.2, 0.25) is 11.8 Å². The van der Waals surface area contributed by atoms with Crippen molar-refractivity contribution in [2.75, 3.05) is 71.5 Å². The minimum atomic E-state index is -0.515. The van der Waals surface area contributed by atoms with E-state index in [1.165, 1.54) is 0 Å². The van der Waals surface area contributed by atoms with Crippen molar-refractivity contribution in [1.82, 2.24) is 19.6 Å². The van der Waals surface area contributed by atoms with Gasteiger partial charge in [0.05, 0.1) is 13.0 Å². The van der Waals surface area contributed by atoms with E-state index in [0.717, 1.165) is 79.3 Å². The molecule has 12 heteroatoms. The van der Waals surface area contributed by atoms with Gasteiger partial charge < -0.3 is 34.2 Å². The number of nitrogens with zero attached hydrogens (tertiary/aromatic N) is 4. The molecule has 0 bridgehead atoms. The SMILES string of the molecule is COc1ccc2c(c1)CCN(C1CCN(C(=O)C[C@H](Cc3cc(C)c(OC=O)c(C)c3)C(=O)N3CCN(C4CCOCC4)CC3)CC1)C(=O)N2. The van der Waals surface area contributed by atoms with Crippen molar-refractivity contribution >= 4 is 30.0 Å². The van der Waals surface area contributed by atoms with E-state index in [2.05, 4.69) is 10.2 Å². The van der Waals surface area contributed by atoms with Crippen LogP contribution in [0, 0.1) is 19.8 Å². The van der Waals surface area contributed by atoms with E-state index in [1.54, 1.807) is 7.11 Å². The van der Waals surface area contributed by atoms with Gasteiger partial charge in [-0.05, 0) is 92.8 Å². The molecular weight excluding hydrogens is 638 g/mol. The maximum absolute atomic E-state index is 14.2. The lowest BCUT2D eigenvalue weighted by atomic mass is 9.91. The lowest BCUT2D eigenvalue weighted by Crippen LogP contribution is -2.54. The van der Waals surface area contributed by atoms with Crippen LogP contribution in [0.4, 0.5) is 10.5 Å². The molecule has 4 heterocycles. The van der Waals surface area contributed by atoms with E-state index >= 15 is 0 Å². The van der Waals surface area contributed by atoms with Gasteiger partial charge in [-0.1, -0.05) is 12.1 Å². The lowest BCUT2D eigenvalue weighted by Gasteiger charge is -2.41. The summed E-state index contributed by atoms with van der Waals surface area (Å²) in [5, 5.41) is 3.06. The number of piperidine rings is 1. The maximum atomic E-state index is 14.2. The predicted molar refractivity (Wildman–Crippen MR) is 188 cm³/mol. The van der Waals surface area contributed by atoms with Crippen molar-refractivity contribution in [2.45, 2.75) is 70.9 Å². The molecule has 0 aromatic heterocycles. The number of fused-ring (bicyclic) bond motifs is 1. The smallest absolute Gasteiger partial charge is 0.322 e. The van der Waals surface area contributed by atoms with Gasteiger partial charge in [-0.3, -0.25) is 19.3 Å². The number of rotatable bonds is 10. The summed E-state index contributed by atoms with van der Waals surface area (Å²) in [6.45, 7) is 10.4. The Morgan fingerprint density at radius 2 is 1.62 bits per heavy atom. The van der Waals surface area contributed by atoms with Crippen molar-refractivity contribution in [1.29, 1.82) is 0 Å². The molecule has 6 rings (SSSR count). The van der Waals surface area contributed by atoms with Crippen LogP contribution in [0.1, 0.15) is 54.4 Å². The average molecular weight is 690 g/mol. The van der Waals surface area contributed by atoms with E-state index in [0.29, 0.717) is 70.2 Å². The van der Waals surface area contributed by atoms with Crippen molar-refractivity contribution in [2.24, 2.45) is 5.92 Å². The summed E-state index contributed by atoms with van der Waals surface area (Å²) in [6.07, 6.45) is 4.67. The highest BCUT2D eigenvalue weighted by Gasteiger charge is 2.35. The molecule has 0 saturated carbocycles. The third kappa shape index (κ3) is 8.24. The number of urea groups is 1. The van der Waals surface area contributed by atoms with E-state index in [4.69, 9.17) is 14.2 Å². The van der Waals surface area contributed by atoms with Crippen molar-refractivity contribution in [3.63, 3.8) is 0 Å². The Hall–Kier alpha value is -4.16. The number of amides is 4.